The van der Waals surface area contributed by atoms with Crippen molar-refractivity contribution in [3.63, 3.8) is 0 Å². The van der Waals surface area contributed by atoms with Gasteiger partial charge in [0, 0.05) is 35.1 Å². The van der Waals surface area contributed by atoms with Gasteiger partial charge in [0.1, 0.15) is 5.01 Å². The van der Waals surface area contributed by atoms with Gasteiger partial charge in [-0.2, -0.15) is 0 Å². The fourth-order valence-corrected chi connectivity index (χ4v) is 4.60. The smallest absolute Gasteiger partial charge is 0.337 e. The number of esters is 1. The second-order valence-electron chi connectivity index (χ2n) is 6.86. The summed E-state index contributed by atoms with van der Waals surface area (Å²) in [5.74, 6) is -0.330. The number of hydrogen-bond acceptors (Lipinski definition) is 6. The number of ether oxygens (including phenoxy) is 2. The highest BCUT2D eigenvalue weighted by atomic mass is 79.9. The second kappa shape index (κ2) is 9.17. The number of thiazole rings is 1. The molecule has 0 spiro atoms. The van der Waals surface area contributed by atoms with Crippen LogP contribution in [0.5, 0.6) is 0 Å². The average Bonchev–Trinajstić information content (AvgIpc) is 3.22. The second-order valence-corrected chi connectivity index (χ2v) is 8.64. The molecular formula is C22H21BrN2O3S. The molecule has 1 saturated heterocycles. The predicted octanol–water partition coefficient (Wildman–Crippen LogP) is 4.93. The van der Waals surface area contributed by atoms with E-state index in [0.717, 1.165) is 40.4 Å². The molecule has 0 amide bonds. The molecule has 4 rings (SSSR count). The van der Waals surface area contributed by atoms with Gasteiger partial charge in [0.15, 0.2) is 0 Å². The minimum absolute atomic E-state index is 0.0743. The van der Waals surface area contributed by atoms with Gasteiger partial charge in [0.2, 0.25) is 0 Å². The first-order valence-corrected chi connectivity index (χ1v) is 11.0. The summed E-state index contributed by atoms with van der Waals surface area (Å²) in [7, 11) is 1.39. The normalized spacial score (nSPS) is 17.2. The maximum atomic E-state index is 11.6. The van der Waals surface area contributed by atoms with E-state index >= 15 is 0 Å². The van der Waals surface area contributed by atoms with E-state index in [2.05, 4.69) is 38.3 Å². The summed E-state index contributed by atoms with van der Waals surface area (Å²) in [6.07, 6.45) is 0.0743. The van der Waals surface area contributed by atoms with Crippen LogP contribution < -0.4 is 0 Å². The first kappa shape index (κ1) is 20.2. The van der Waals surface area contributed by atoms with Gasteiger partial charge in [0.05, 0.1) is 31.1 Å². The predicted molar refractivity (Wildman–Crippen MR) is 117 cm³/mol. The lowest BCUT2D eigenvalue weighted by molar-refractivity contribution is -0.0332. The maximum Gasteiger partial charge on any atom is 0.337 e. The average molecular weight is 473 g/mol. The van der Waals surface area contributed by atoms with Crippen LogP contribution in [0.3, 0.4) is 0 Å². The Kier molecular flexibility index (Phi) is 6.40. The van der Waals surface area contributed by atoms with Crippen molar-refractivity contribution in [2.24, 2.45) is 0 Å². The van der Waals surface area contributed by atoms with Gasteiger partial charge in [-0.25, -0.2) is 9.78 Å². The van der Waals surface area contributed by atoms with Crippen LogP contribution in [0.15, 0.2) is 58.4 Å². The minimum Gasteiger partial charge on any atom is -0.465 e. The van der Waals surface area contributed by atoms with Crippen LogP contribution in [0.1, 0.15) is 27.7 Å². The van der Waals surface area contributed by atoms with Gasteiger partial charge in [-0.1, -0.05) is 40.2 Å². The molecule has 29 heavy (non-hydrogen) atoms. The van der Waals surface area contributed by atoms with Crippen molar-refractivity contribution in [2.75, 3.05) is 26.8 Å². The lowest BCUT2D eigenvalue weighted by atomic mass is 10.1. The molecule has 3 aromatic rings. The SMILES string of the molecule is COC(=O)c1ccc(-c2nc(CN3CCOC(c4cccc(Br)c4)C3)cs2)cc1. The van der Waals surface area contributed by atoms with Crippen molar-refractivity contribution in [3.8, 4) is 10.6 Å². The van der Waals surface area contributed by atoms with Crippen LogP contribution in [-0.4, -0.2) is 42.7 Å². The quantitative estimate of drug-likeness (QED) is 0.492. The van der Waals surface area contributed by atoms with Crippen molar-refractivity contribution in [1.29, 1.82) is 0 Å². The number of benzene rings is 2. The van der Waals surface area contributed by atoms with Crippen LogP contribution in [0.2, 0.25) is 0 Å². The first-order chi connectivity index (χ1) is 14.1. The van der Waals surface area contributed by atoms with E-state index in [1.807, 2.05) is 24.3 Å². The first-order valence-electron chi connectivity index (χ1n) is 9.35. The fraction of sp³-hybridized carbons (Fsp3) is 0.273. The van der Waals surface area contributed by atoms with Gasteiger partial charge in [0.25, 0.3) is 0 Å². The number of rotatable bonds is 5. The topological polar surface area (TPSA) is 51.7 Å². The molecule has 0 aliphatic carbocycles. The van der Waals surface area contributed by atoms with Gasteiger partial charge in [-0.3, -0.25) is 4.90 Å². The molecule has 2 aromatic carbocycles. The zero-order valence-corrected chi connectivity index (χ0v) is 18.4. The molecule has 0 bridgehead atoms. The van der Waals surface area contributed by atoms with E-state index in [4.69, 9.17) is 14.5 Å². The van der Waals surface area contributed by atoms with Gasteiger partial charge in [-0.15, -0.1) is 11.3 Å². The Bertz CT molecular complexity index is 990. The third kappa shape index (κ3) is 4.93. The number of nitrogens with zero attached hydrogens (tertiary/aromatic N) is 2. The Morgan fingerprint density at radius 3 is 2.90 bits per heavy atom. The Labute approximate surface area is 182 Å². The zero-order chi connectivity index (χ0) is 20.2. The third-order valence-electron chi connectivity index (χ3n) is 4.86. The Hall–Kier alpha value is -2.06. The Morgan fingerprint density at radius 2 is 2.14 bits per heavy atom. The van der Waals surface area contributed by atoms with Crippen LogP contribution in [0.4, 0.5) is 0 Å². The molecule has 7 heteroatoms. The Morgan fingerprint density at radius 1 is 1.31 bits per heavy atom. The summed E-state index contributed by atoms with van der Waals surface area (Å²) >= 11 is 5.15. The molecule has 1 atom stereocenters. The van der Waals surface area contributed by atoms with E-state index in [0.29, 0.717) is 12.2 Å². The Balaban J connectivity index is 1.41. The van der Waals surface area contributed by atoms with E-state index in [1.165, 1.54) is 12.7 Å². The van der Waals surface area contributed by atoms with Crippen molar-refractivity contribution < 1.29 is 14.3 Å². The van der Waals surface area contributed by atoms with Gasteiger partial charge >= 0.3 is 5.97 Å². The highest BCUT2D eigenvalue weighted by molar-refractivity contribution is 9.10. The fourth-order valence-electron chi connectivity index (χ4n) is 3.36. The van der Waals surface area contributed by atoms with Crippen molar-refractivity contribution in [1.82, 2.24) is 9.88 Å². The van der Waals surface area contributed by atoms with Crippen molar-refractivity contribution >= 4 is 33.2 Å². The van der Waals surface area contributed by atoms with Crippen molar-refractivity contribution in [3.05, 3.63) is 75.2 Å². The minimum atomic E-state index is -0.330. The summed E-state index contributed by atoms with van der Waals surface area (Å²) in [6, 6.07) is 15.7. The van der Waals surface area contributed by atoms with Crippen LogP contribution >= 0.6 is 27.3 Å². The van der Waals surface area contributed by atoms with E-state index in [1.54, 1.807) is 23.5 Å². The van der Waals surface area contributed by atoms with Crippen LogP contribution in [0, 0.1) is 0 Å². The summed E-state index contributed by atoms with van der Waals surface area (Å²) in [5.41, 5.74) is 3.79. The molecule has 0 saturated carbocycles. The monoisotopic (exact) mass is 472 g/mol. The lowest BCUT2D eigenvalue weighted by Gasteiger charge is -2.32. The van der Waals surface area contributed by atoms with Crippen LogP contribution in [0.25, 0.3) is 10.6 Å². The number of morpholine rings is 1. The summed E-state index contributed by atoms with van der Waals surface area (Å²) in [4.78, 5) is 18.8. The highest BCUT2D eigenvalue weighted by Crippen LogP contribution is 2.28. The summed E-state index contributed by atoms with van der Waals surface area (Å²) < 4.78 is 11.8. The number of aromatic nitrogens is 1. The number of methoxy groups -OCH3 is 1. The number of halogens is 1. The molecule has 2 heterocycles. The largest absolute Gasteiger partial charge is 0.465 e. The molecule has 1 unspecified atom stereocenters. The maximum absolute atomic E-state index is 11.6. The van der Waals surface area contributed by atoms with E-state index in [9.17, 15) is 4.79 Å². The van der Waals surface area contributed by atoms with E-state index in [-0.39, 0.29) is 12.1 Å². The molecule has 5 nitrogen and oxygen atoms in total. The molecular weight excluding hydrogens is 452 g/mol. The molecule has 150 valence electrons. The molecule has 0 radical (unpaired) electrons. The highest BCUT2D eigenvalue weighted by Gasteiger charge is 2.23. The molecule has 1 aliphatic heterocycles. The number of carbonyl (C=O) groups is 1. The van der Waals surface area contributed by atoms with Crippen molar-refractivity contribution in [2.45, 2.75) is 12.6 Å². The number of hydrogen-bond donors (Lipinski definition) is 0. The standard InChI is InChI=1S/C22H21BrN2O3S/c1-27-22(26)16-7-5-15(6-8-16)21-24-19(14-29-21)12-25-9-10-28-20(13-25)17-3-2-4-18(23)11-17/h2-8,11,14,20H,9-10,12-13H2,1H3. The lowest BCUT2D eigenvalue weighted by Crippen LogP contribution is -2.37. The zero-order valence-electron chi connectivity index (χ0n) is 16.0. The third-order valence-corrected chi connectivity index (χ3v) is 6.29. The molecule has 1 aliphatic rings. The molecule has 0 N–H and O–H groups in total. The van der Waals surface area contributed by atoms with Gasteiger partial charge < -0.3 is 9.47 Å². The van der Waals surface area contributed by atoms with Crippen LogP contribution in [-0.2, 0) is 16.0 Å². The van der Waals surface area contributed by atoms with E-state index < -0.39 is 0 Å². The molecule has 1 aromatic heterocycles. The summed E-state index contributed by atoms with van der Waals surface area (Å²) in [6.45, 7) is 3.25. The molecule has 1 fully saturated rings. The number of carbonyl (C=O) groups excluding carboxylic acids is 1. The summed E-state index contributed by atoms with van der Waals surface area (Å²) in [5, 5.41) is 3.06. The van der Waals surface area contributed by atoms with Gasteiger partial charge in [-0.05, 0) is 29.8 Å².